The lowest BCUT2D eigenvalue weighted by atomic mass is 10.3. The average molecular weight is 328 g/mol. The Hall–Kier alpha value is -1.99. The maximum absolute atomic E-state index is 12.4. The predicted molar refractivity (Wildman–Crippen MR) is 82.2 cm³/mol. The first kappa shape index (κ1) is 15.4. The van der Waals surface area contributed by atoms with E-state index in [9.17, 15) is 8.42 Å². The van der Waals surface area contributed by atoms with Crippen molar-refractivity contribution in [1.29, 1.82) is 0 Å². The zero-order valence-electron chi connectivity index (χ0n) is 11.4. The van der Waals surface area contributed by atoms with Gasteiger partial charge in [-0.1, -0.05) is 11.6 Å². The lowest BCUT2D eigenvalue weighted by Gasteiger charge is -2.13. The van der Waals surface area contributed by atoms with Gasteiger partial charge in [-0.25, -0.2) is 13.4 Å². The molecule has 0 amide bonds. The number of hydrogen-bond donors (Lipinski definition) is 2. The first-order valence-corrected chi connectivity index (χ1v) is 7.78. The third-order valence-electron chi connectivity index (χ3n) is 2.86. The largest absolute Gasteiger partial charge is 0.497 e. The molecule has 2 rings (SSSR count). The molecule has 3 N–H and O–H groups in total. The van der Waals surface area contributed by atoms with Crippen molar-refractivity contribution in [3.63, 3.8) is 0 Å². The van der Waals surface area contributed by atoms with Gasteiger partial charge in [-0.3, -0.25) is 4.72 Å². The van der Waals surface area contributed by atoms with Crippen molar-refractivity contribution < 1.29 is 13.2 Å². The highest BCUT2D eigenvalue weighted by molar-refractivity contribution is 7.92. The molecule has 6 nitrogen and oxygen atoms in total. The molecule has 21 heavy (non-hydrogen) atoms. The molecule has 0 aliphatic rings. The SMILES string of the molecule is COc1ccc(S(=O)(=O)Nc2c(C)ccnc2Cl)c(N)c1. The molecule has 0 aliphatic carbocycles. The Balaban J connectivity index is 2.44. The topological polar surface area (TPSA) is 94.3 Å². The van der Waals surface area contributed by atoms with Gasteiger partial charge in [-0.15, -0.1) is 0 Å². The Labute approximate surface area is 128 Å². The highest BCUT2D eigenvalue weighted by Gasteiger charge is 2.20. The van der Waals surface area contributed by atoms with Crippen LogP contribution in [0.15, 0.2) is 35.4 Å². The lowest BCUT2D eigenvalue weighted by molar-refractivity contribution is 0.414. The Morgan fingerprint density at radius 1 is 1.33 bits per heavy atom. The predicted octanol–water partition coefficient (Wildman–Crippen LogP) is 2.44. The molecule has 1 heterocycles. The van der Waals surface area contributed by atoms with E-state index in [4.69, 9.17) is 22.1 Å². The van der Waals surface area contributed by atoms with Crippen LogP contribution in [0.5, 0.6) is 5.75 Å². The summed E-state index contributed by atoms with van der Waals surface area (Å²) in [6, 6.07) is 5.98. The molecule has 8 heteroatoms. The second-order valence-corrected chi connectivity index (χ2v) is 6.31. The lowest BCUT2D eigenvalue weighted by Crippen LogP contribution is -2.16. The van der Waals surface area contributed by atoms with Gasteiger partial charge in [0, 0.05) is 12.3 Å². The second kappa shape index (κ2) is 5.79. The smallest absolute Gasteiger partial charge is 0.264 e. The number of halogens is 1. The molecule has 0 fully saturated rings. The summed E-state index contributed by atoms with van der Waals surface area (Å²) in [5.74, 6) is 0.474. The molecule has 0 bridgehead atoms. The summed E-state index contributed by atoms with van der Waals surface area (Å²) in [6.45, 7) is 1.72. The van der Waals surface area contributed by atoms with Gasteiger partial charge >= 0.3 is 0 Å². The zero-order valence-corrected chi connectivity index (χ0v) is 13.0. The molecular formula is C13H14ClN3O3S. The third kappa shape index (κ3) is 3.20. The normalized spacial score (nSPS) is 11.2. The Bertz CT molecular complexity index is 758. The van der Waals surface area contributed by atoms with Gasteiger partial charge in [0.2, 0.25) is 0 Å². The van der Waals surface area contributed by atoms with Crippen molar-refractivity contribution in [2.24, 2.45) is 0 Å². The summed E-state index contributed by atoms with van der Waals surface area (Å²) in [5.41, 5.74) is 6.74. The molecule has 0 atom stereocenters. The maximum Gasteiger partial charge on any atom is 0.264 e. The number of aromatic nitrogens is 1. The first-order valence-electron chi connectivity index (χ1n) is 5.92. The molecule has 0 saturated carbocycles. The number of anilines is 2. The van der Waals surface area contributed by atoms with Gasteiger partial charge in [0.25, 0.3) is 10.0 Å². The zero-order chi connectivity index (χ0) is 15.6. The first-order chi connectivity index (χ1) is 9.85. The number of ether oxygens (including phenoxy) is 1. The average Bonchev–Trinajstić information content (AvgIpc) is 2.42. The van der Waals surface area contributed by atoms with E-state index in [1.54, 1.807) is 13.0 Å². The molecule has 0 spiro atoms. The van der Waals surface area contributed by atoms with Gasteiger partial charge < -0.3 is 10.5 Å². The molecule has 0 radical (unpaired) electrons. The van der Waals surface area contributed by atoms with Crippen LogP contribution >= 0.6 is 11.6 Å². The van der Waals surface area contributed by atoms with Crippen LogP contribution in [-0.4, -0.2) is 20.5 Å². The Morgan fingerprint density at radius 2 is 2.05 bits per heavy atom. The van der Waals surface area contributed by atoms with Crippen LogP contribution in [0.3, 0.4) is 0 Å². The van der Waals surface area contributed by atoms with Crippen molar-refractivity contribution in [3.8, 4) is 5.75 Å². The highest BCUT2D eigenvalue weighted by atomic mass is 35.5. The second-order valence-electron chi connectivity index (χ2n) is 4.30. The monoisotopic (exact) mass is 327 g/mol. The fourth-order valence-corrected chi connectivity index (χ4v) is 3.30. The van der Waals surface area contributed by atoms with Gasteiger partial charge in [0.05, 0.1) is 18.5 Å². The van der Waals surface area contributed by atoms with E-state index >= 15 is 0 Å². The van der Waals surface area contributed by atoms with Crippen molar-refractivity contribution >= 4 is 33.0 Å². The van der Waals surface area contributed by atoms with Crippen molar-refractivity contribution in [2.45, 2.75) is 11.8 Å². The molecule has 0 saturated heterocycles. The summed E-state index contributed by atoms with van der Waals surface area (Å²) in [6.07, 6.45) is 1.50. The molecule has 0 unspecified atom stereocenters. The number of nitrogens with zero attached hydrogens (tertiary/aromatic N) is 1. The van der Waals surface area contributed by atoms with Gasteiger partial charge in [-0.2, -0.15) is 0 Å². The van der Waals surface area contributed by atoms with Crippen LogP contribution < -0.4 is 15.2 Å². The minimum absolute atomic E-state index is 0.0531. The molecule has 112 valence electrons. The Morgan fingerprint density at radius 3 is 2.62 bits per heavy atom. The van der Waals surface area contributed by atoms with E-state index in [0.717, 1.165) is 0 Å². The van der Waals surface area contributed by atoms with Crippen LogP contribution in [0.2, 0.25) is 5.15 Å². The van der Waals surface area contributed by atoms with Crippen LogP contribution in [0.25, 0.3) is 0 Å². The summed E-state index contributed by atoms with van der Waals surface area (Å²) in [5, 5.41) is 0.0747. The summed E-state index contributed by atoms with van der Waals surface area (Å²) < 4.78 is 32.2. The van der Waals surface area contributed by atoms with Gasteiger partial charge in [-0.05, 0) is 30.7 Å². The molecular weight excluding hydrogens is 314 g/mol. The third-order valence-corrected chi connectivity index (χ3v) is 4.57. The fraction of sp³-hybridized carbons (Fsp3) is 0.154. The van der Waals surface area contributed by atoms with E-state index in [1.807, 2.05) is 0 Å². The van der Waals surface area contributed by atoms with E-state index in [-0.39, 0.29) is 21.4 Å². The van der Waals surface area contributed by atoms with E-state index in [2.05, 4.69) is 9.71 Å². The minimum atomic E-state index is -3.87. The Kier molecular flexibility index (Phi) is 4.24. The number of hydrogen-bond acceptors (Lipinski definition) is 5. The van der Waals surface area contributed by atoms with Crippen molar-refractivity contribution in [2.75, 3.05) is 17.6 Å². The van der Waals surface area contributed by atoms with E-state index in [1.165, 1.54) is 31.5 Å². The van der Waals surface area contributed by atoms with Crippen molar-refractivity contribution in [1.82, 2.24) is 4.98 Å². The molecule has 1 aromatic carbocycles. The fourth-order valence-electron chi connectivity index (χ4n) is 1.74. The summed E-state index contributed by atoms with van der Waals surface area (Å²) >= 11 is 5.92. The highest BCUT2D eigenvalue weighted by Crippen LogP contribution is 2.29. The van der Waals surface area contributed by atoms with Crippen LogP contribution in [0.4, 0.5) is 11.4 Å². The number of nitrogens with one attached hydrogen (secondary N) is 1. The van der Waals surface area contributed by atoms with Crippen LogP contribution in [0.1, 0.15) is 5.56 Å². The number of nitrogen functional groups attached to an aromatic ring is 1. The maximum atomic E-state index is 12.4. The van der Waals surface area contributed by atoms with E-state index in [0.29, 0.717) is 11.3 Å². The van der Waals surface area contributed by atoms with Crippen LogP contribution in [0, 0.1) is 6.92 Å². The van der Waals surface area contributed by atoms with E-state index < -0.39 is 10.0 Å². The van der Waals surface area contributed by atoms with Crippen molar-refractivity contribution in [3.05, 3.63) is 41.2 Å². The number of methoxy groups -OCH3 is 1. The number of benzene rings is 1. The van der Waals surface area contributed by atoms with Gasteiger partial charge in [0.1, 0.15) is 10.6 Å². The standard InChI is InChI=1S/C13H14ClN3O3S/c1-8-5-6-16-13(14)12(8)17-21(18,19)11-4-3-9(20-2)7-10(11)15/h3-7,17H,15H2,1-2H3. The molecule has 1 aromatic heterocycles. The number of pyridine rings is 1. The number of nitrogens with two attached hydrogens (primary N) is 1. The molecule has 2 aromatic rings. The van der Waals surface area contributed by atoms with Gasteiger partial charge in [0.15, 0.2) is 5.15 Å². The number of sulfonamides is 1. The number of rotatable bonds is 4. The number of aryl methyl sites for hydroxylation is 1. The van der Waals surface area contributed by atoms with Crippen LogP contribution in [-0.2, 0) is 10.0 Å². The summed E-state index contributed by atoms with van der Waals surface area (Å²) in [4.78, 5) is 3.80. The summed E-state index contributed by atoms with van der Waals surface area (Å²) in [7, 11) is -2.40. The molecule has 0 aliphatic heterocycles. The minimum Gasteiger partial charge on any atom is -0.497 e. The quantitative estimate of drug-likeness (QED) is 0.664.